The van der Waals surface area contributed by atoms with Crippen LogP contribution in [0.15, 0.2) is 24.3 Å². The van der Waals surface area contributed by atoms with Crippen molar-refractivity contribution in [3.05, 3.63) is 52.0 Å². The number of carbonyl (C=O) groups is 2. The molecule has 1 aromatic heterocycles. The molecule has 12 heteroatoms. The third-order valence-electron chi connectivity index (χ3n) is 7.25. The van der Waals surface area contributed by atoms with Gasteiger partial charge in [0.2, 0.25) is 5.91 Å². The van der Waals surface area contributed by atoms with Gasteiger partial charge in [0, 0.05) is 30.9 Å². The van der Waals surface area contributed by atoms with Crippen molar-refractivity contribution in [2.45, 2.75) is 32.2 Å². The second kappa shape index (κ2) is 12.0. The summed E-state index contributed by atoms with van der Waals surface area (Å²) in [5.74, 6) is -2.95. The van der Waals surface area contributed by atoms with E-state index in [0.29, 0.717) is 50.8 Å². The number of quaternary nitrogens is 1. The lowest BCUT2D eigenvalue weighted by atomic mass is 9.80. The molecule has 1 heterocycles. The standard InChI is InChI=1S/C28H33F2N3O6S/c1-33(2,6-7-34)5-4-8-39-23-11-21-24(12-22(23)38-3)40-25(32-21)16-31-27(37)28(15-26(35)36)13-17-9-19(29)20(30)10-18(17)14-28/h9-12,34H,4-8,13-16H2,1-3H3,(H-,31,35,36,37). The number of nitrogens with one attached hydrogen (secondary N) is 1. The van der Waals surface area contributed by atoms with Gasteiger partial charge in [0.1, 0.15) is 11.6 Å². The zero-order valence-electron chi connectivity index (χ0n) is 22.7. The Morgan fingerprint density at radius 3 is 2.40 bits per heavy atom. The maximum Gasteiger partial charge on any atom is 0.227 e. The zero-order chi connectivity index (χ0) is 29.1. The number of methoxy groups -OCH3 is 1. The number of carbonyl (C=O) groups excluding carboxylic acids is 2. The minimum absolute atomic E-state index is 0.0346. The lowest BCUT2D eigenvalue weighted by Crippen LogP contribution is -2.45. The highest BCUT2D eigenvalue weighted by Crippen LogP contribution is 2.41. The van der Waals surface area contributed by atoms with Crippen LogP contribution in [0, 0.1) is 17.0 Å². The molecule has 40 heavy (non-hydrogen) atoms. The van der Waals surface area contributed by atoms with Crippen LogP contribution < -0.4 is 19.9 Å². The monoisotopic (exact) mass is 577 g/mol. The highest BCUT2D eigenvalue weighted by atomic mass is 32.1. The molecular formula is C28H33F2N3O6S. The van der Waals surface area contributed by atoms with Crippen molar-refractivity contribution >= 4 is 33.4 Å². The van der Waals surface area contributed by atoms with Crippen LogP contribution >= 0.6 is 11.3 Å². The number of halogens is 2. The molecule has 9 nitrogen and oxygen atoms in total. The van der Waals surface area contributed by atoms with E-state index in [0.717, 1.165) is 29.8 Å². The van der Waals surface area contributed by atoms with Crippen LogP contribution in [0.4, 0.5) is 8.78 Å². The van der Waals surface area contributed by atoms with Crippen LogP contribution in [0.25, 0.3) is 10.2 Å². The highest BCUT2D eigenvalue weighted by molar-refractivity contribution is 7.18. The first-order chi connectivity index (χ1) is 18.9. The Hall–Kier alpha value is -3.35. The van der Waals surface area contributed by atoms with Gasteiger partial charge in [0.25, 0.3) is 0 Å². The van der Waals surface area contributed by atoms with Gasteiger partial charge in [-0.3, -0.25) is 4.79 Å². The number of carboxylic acid groups (broad SMARTS) is 1. The van der Waals surface area contributed by atoms with E-state index < -0.39 is 35.3 Å². The molecular weight excluding hydrogens is 544 g/mol. The van der Waals surface area contributed by atoms with E-state index in [2.05, 4.69) is 10.3 Å². The molecule has 4 rings (SSSR count). The fourth-order valence-corrected chi connectivity index (χ4v) is 6.04. The van der Waals surface area contributed by atoms with Gasteiger partial charge in [-0.05, 0) is 36.1 Å². The smallest absolute Gasteiger partial charge is 0.227 e. The topological polar surface area (TPSA) is 121 Å². The minimum atomic E-state index is -1.42. The number of hydrogen-bond acceptors (Lipinski definition) is 8. The highest BCUT2D eigenvalue weighted by Gasteiger charge is 2.44. The first-order valence-electron chi connectivity index (χ1n) is 12.9. The molecule has 0 bridgehead atoms. The molecule has 1 aliphatic carbocycles. The van der Waals surface area contributed by atoms with E-state index in [1.54, 1.807) is 13.2 Å². The van der Waals surface area contributed by atoms with Crippen molar-refractivity contribution < 1.29 is 42.5 Å². The zero-order valence-corrected chi connectivity index (χ0v) is 23.5. The molecule has 0 fully saturated rings. The second-order valence-corrected chi connectivity index (χ2v) is 11.9. The van der Waals surface area contributed by atoms with Crippen LogP contribution in [-0.2, 0) is 29.0 Å². The van der Waals surface area contributed by atoms with Crippen molar-refractivity contribution in [3.8, 4) is 11.5 Å². The van der Waals surface area contributed by atoms with Gasteiger partial charge in [-0.15, -0.1) is 11.3 Å². The van der Waals surface area contributed by atoms with Gasteiger partial charge in [-0.25, -0.2) is 13.8 Å². The lowest BCUT2D eigenvalue weighted by molar-refractivity contribution is -0.890. The number of ether oxygens (including phenoxy) is 2. The molecule has 0 saturated carbocycles. The molecule has 0 radical (unpaired) electrons. The Labute approximate surface area is 234 Å². The summed E-state index contributed by atoms with van der Waals surface area (Å²) >= 11 is 1.35. The van der Waals surface area contributed by atoms with Crippen molar-refractivity contribution in [2.75, 3.05) is 47.5 Å². The molecule has 0 unspecified atom stereocenters. The van der Waals surface area contributed by atoms with Crippen LogP contribution in [0.1, 0.15) is 29.0 Å². The number of likely N-dealkylation sites (N-methyl/N-ethyl adjacent to an activating group) is 1. The summed E-state index contributed by atoms with van der Waals surface area (Å²) in [6.45, 7) is 2.11. The Balaban J connectivity index is 1.44. The van der Waals surface area contributed by atoms with Crippen molar-refractivity contribution in [3.63, 3.8) is 0 Å². The summed E-state index contributed by atoms with van der Waals surface area (Å²) in [5, 5.41) is 24.1. The first kappa shape index (κ1) is 29.6. The number of aliphatic carboxylic acids is 1. The number of hydrogen-bond donors (Lipinski definition) is 2. The fourth-order valence-electron chi connectivity index (χ4n) is 5.12. The third kappa shape index (κ3) is 6.68. The second-order valence-electron chi connectivity index (χ2n) is 10.8. The SMILES string of the molecule is COc1cc2sc(CNC(=O)C3(CC(=O)[O-])Cc4cc(F)c(F)cc4C3)nc2cc1OCCC[N+](C)(C)CCO. The number of fused-ring (bicyclic) bond motifs is 2. The Morgan fingerprint density at radius 1 is 1.12 bits per heavy atom. The maximum absolute atomic E-state index is 13.8. The molecule has 0 aliphatic heterocycles. The van der Waals surface area contributed by atoms with E-state index in [1.165, 1.54) is 11.3 Å². The average Bonchev–Trinajstić information content (AvgIpc) is 3.44. The molecule has 0 spiro atoms. The molecule has 3 aromatic rings. The van der Waals surface area contributed by atoms with Crippen LogP contribution in [0.5, 0.6) is 11.5 Å². The molecule has 1 aliphatic rings. The number of amides is 1. The normalized spacial score (nSPS) is 14.2. The lowest BCUT2D eigenvalue weighted by Gasteiger charge is -2.28. The summed E-state index contributed by atoms with van der Waals surface area (Å²) in [4.78, 5) is 29.4. The summed E-state index contributed by atoms with van der Waals surface area (Å²) in [6.07, 6.45) is 0.129. The molecule has 216 valence electrons. The summed E-state index contributed by atoms with van der Waals surface area (Å²) in [6, 6.07) is 5.63. The summed E-state index contributed by atoms with van der Waals surface area (Å²) in [5.41, 5.74) is 0.0639. The van der Waals surface area contributed by atoms with E-state index in [4.69, 9.17) is 9.47 Å². The van der Waals surface area contributed by atoms with Gasteiger partial charge in [-0.1, -0.05) is 0 Å². The van der Waals surface area contributed by atoms with E-state index >= 15 is 0 Å². The number of rotatable bonds is 13. The number of carboxylic acids is 1. The molecule has 0 atom stereocenters. The van der Waals surface area contributed by atoms with Crippen molar-refractivity contribution in [1.29, 1.82) is 0 Å². The number of thiazole rings is 1. The number of benzene rings is 2. The summed E-state index contributed by atoms with van der Waals surface area (Å²) in [7, 11) is 5.64. The predicted octanol–water partition coefficient (Wildman–Crippen LogP) is 1.96. The Morgan fingerprint density at radius 2 is 1.80 bits per heavy atom. The third-order valence-corrected chi connectivity index (χ3v) is 8.27. The predicted molar refractivity (Wildman–Crippen MR) is 143 cm³/mol. The number of aromatic nitrogens is 1. The Bertz CT molecular complexity index is 1380. The van der Waals surface area contributed by atoms with Gasteiger partial charge < -0.3 is 34.3 Å². The summed E-state index contributed by atoms with van der Waals surface area (Å²) < 4.78 is 40.5. The number of aliphatic hydroxyl groups is 1. The van der Waals surface area contributed by atoms with Crippen molar-refractivity contribution in [2.24, 2.45) is 5.41 Å². The molecule has 2 N–H and O–H groups in total. The van der Waals surface area contributed by atoms with E-state index in [-0.39, 0.29) is 26.0 Å². The largest absolute Gasteiger partial charge is 0.550 e. The maximum atomic E-state index is 13.8. The van der Waals surface area contributed by atoms with Gasteiger partial charge >= 0.3 is 0 Å². The molecule has 0 saturated heterocycles. The van der Waals surface area contributed by atoms with Gasteiger partial charge in [0.05, 0.1) is 63.1 Å². The Kier molecular flexibility index (Phi) is 8.91. The average molecular weight is 578 g/mol. The number of aliphatic hydroxyl groups excluding tert-OH is 1. The molecule has 1 amide bonds. The fraction of sp³-hybridized carbons (Fsp3) is 0.464. The quantitative estimate of drug-likeness (QED) is 0.235. The van der Waals surface area contributed by atoms with E-state index in [9.17, 15) is 28.6 Å². The first-order valence-corrected chi connectivity index (χ1v) is 13.7. The van der Waals surface area contributed by atoms with Gasteiger partial charge in [-0.2, -0.15) is 0 Å². The van der Waals surface area contributed by atoms with Crippen LogP contribution in [0.3, 0.4) is 0 Å². The van der Waals surface area contributed by atoms with Crippen molar-refractivity contribution in [1.82, 2.24) is 10.3 Å². The number of nitrogens with zero attached hydrogens (tertiary/aromatic N) is 2. The molecule has 2 aromatic carbocycles. The van der Waals surface area contributed by atoms with E-state index in [1.807, 2.05) is 20.2 Å². The van der Waals surface area contributed by atoms with Crippen LogP contribution in [-0.4, -0.2) is 74.0 Å². The minimum Gasteiger partial charge on any atom is -0.550 e. The van der Waals surface area contributed by atoms with Gasteiger partial charge in [0.15, 0.2) is 23.1 Å². The van der Waals surface area contributed by atoms with Crippen LogP contribution in [0.2, 0.25) is 0 Å².